The van der Waals surface area contributed by atoms with Crippen molar-refractivity contribution in [2.24, 2.45) is 5.92 Å². The fraction of sp³-hybridized carbons (Fsp3) is 0.450. The van der Waals surface area contributed by atoms with E-state index in [1.54, 1.807) is 12.5 Å². The second kappa shape index (κ2) is 30.7. The van der Waals surface area contributed by atoms with E-state index in [4.69, 9.17) is 0 Å². The summed E-state index contributed by atoms with van der Waals surface area (Å²) in [7, 11) is 0. The van der Waals surface area contributed by atoms with Crippen molar-refractivity contribution in [1.29, 1.82) is 0 Å². The lowest BCUT2D eigenvalue weighted by Crippen LogP contribution is -2.21. The topological polar surface area (TPSA) is 16.4 Å². The minimum absolute atomic E-state index is 1.04. The molecule has 0 spiro atoms. The molecule has 42 heavy (non-hydrogen) atoms. The largest absolute Gasteiger partial charge is 0.473 e. The lowest BCUT2D eigenvalue weighted by atomic mass is 9.91. The summed E-state index contributed by atoms with van der Waals surface area (Å²) in [5.74, 6) is 1.04. The number of furan rings is 1. The minimum Gasteiger partial charge on any atom is -0.473 e. The number of hydrogen-bond acceptors (Lipinski definition) is 2. The van der Waals surface area contributed by atoms with Crippen LogP contribution in [0.1, 0.15) is 97.3 Å². The summed E-state index contributed by atoms with van der Waals surface area (Å²) < 4.78 is 4.58. The summed E-state index contributed by atoms with van der Waals surface area (Å²) in [6.45, 7) is 23.2. The third kappa shape index (κ3) is 24.5. The maximum atomic E-state index is 4.58. The van der Waals surface area contributed by atoms with Gasteiger partial charge in [0.25, 0.3) is 0 Å². The van der Waals surface area contributed by atoms with E-state index >= 15 is 0 Å². The molecule has 1 heterocycles. The Balaban J connectivity index is 0. The molecule has 0 aliphatic heterocycles. The first-order chi connectivity index (χ1) is 20.5. The zero-order chi connectivity index (χ0) is 31.8. The van der Waals surface area contributed by atoms with Gasteiger partial charge < -0.3 is 9.32 Å². The summed E-state index contributed by atoms with van der Waals surface area (Å²) in [6, 6.07) is 32.9. The van der Waals surface area contributed by atoms with Gasteiger partial charge in [-0.1, -0.05) is 156 Å². The second-order valence-electron chi connectivity index (χ2n) is 9.85. The number of benzene rings is 3. The molecule has 1 saturated carbocycles. The normalized spacial score (nSPS) is 11.2. The van der Waals surface area contributed by atoms with Crippen molar-refractivity contribution in [2.75, 3.05) is 18.0 Å². The second-order valence-corrected chi connectivity index (χ2v) is 9.85. The van der Waals surface area contributed by atoms with E-state index in [9.17, 15) is 0 Å². The average molecular weight is 574 g/mol. The number of aryl methyl sites for hydroxylation is 3. The molecular weight excluding hydrogens is 510 g/mol. The van der Waals surface area contributed by atoms with Crippen LogP contribution < -0.4 is 4.90 Å². The maximum absolute atomic E-state index is 4.58. The van der Waals surface area contributed by atoms with Gasteiger partial charge in [0.05, 0.1) is 12.5 Å². The number of anilines is 1. The molecule has 234 valence electrons. The molecule has 1 aliphatic carbocycles. The minimum atomic E-state index is 1.04. The van der Waals surface area contributed by atoms with E-state index in [2.05, 4.69) is 99.4 Å². The fourth-order valence-corrected chi connectivity index (χ4v) is 3.95. The van der Waals surface area contributed by atoms with Crippen molar-refractivity contribution in [1.82, 2.24) is 0 Å². The van der Waals surface area contributed by atoms with Gasteiger partial charge in [-0.3, -0.25) is 0 Å². The Hall–Kier alpha value is -3.26. The molecule has 2 heteroatoms. The molecular formula is C40H63NO. The molecule has 4 aromatic rings. The third-order valence-corrected chi connectivity index (χ3v) is 6.36. The molecule has 3 aromatic carbocycles. The number of rotatable bonds is 3. The zero-order valence-corrected chi connectivity index (χ0v) is 28.8. The molecule has 2 nitrogen and oxygen atoms in total. The predicted molar refractivity (Wildman–Crippen MR) is 191 cm³/mol. The summed E-state index contributed by atoms with van der Waals surface area (Å²) in [5, 5.41) is 0. The Labute approximate surface area is 261 Å². The molecule has 5 rings (SSSR count). The molecule has 0 amide bonds. The third-order valence-electron chi connectivity index (χ3n) is 6.36. The first kappa shape index (κ1) is 40.9. The smallest absolute Gasteiger partial charge is 0.0902 e. The van der Waals surface area contributed by atoms with Gasteiger partial charge in [-0.2, -0.15) is 0 Å². The van der Waals surface area contributed by atoms with Crippen molar-refractivity contribution in [2.45, 2.75) is 101 Å². The zero-order valence-electron chi connectivity index (χ0n) is 28.8. The van der Waals surface area contributed by atoms with Gasteiger partial charge in [-0.05, 0) is 64.8 Å². The predicted octanol–water partition coefficient (Wildman–Crippen LogP) is 12.7. The maximum Gasteiger partial charge on any atom is 0.0902 e. The van der Waals surface area contributed by atoms with Crippen LogP contribution in [0.5, 0.6) is 0 Å². The highest BCUT2D eigenvalue weighted by molar-refractivity contribution is 5.47. The molecule has 0 N–H and O–H groups in total. The van der Waals surface area contributed by atoms with E-state index in [1.807, 2.05) is 76.2 Å². The van der Waals surface area contributed by atoms with Gasteiger partial charge in [-0.25, -0.2) is 0 Å². The fourth-order valence-electron chi connectivity index (χ4n) is 3.95. The Morgan fingerprint density at radius 3 is 1.17 bits per heavy atom. The van der Waals surface area contributed by atoms with Crippen LogP contribution in [-0.4, -0.2) is 13.1 Å². The van der Waals surface area contributed by atoms with Crippen LogP contribution in [0.25, 0.3) is 0 Å². The highest BCUT2D eigenvalue weighted by Crippen LogP contribution is 2.22. The Morgan fingerprint density at radius 1 is 0.548 bits per heavy atom. The molecule has 0 bridgehead atoms. The summed E-state index contributed by atoms with van der Waals surface area (Å²) >= 11 is 0. The Bertz CT molecular complexity index is 930. The van der Waals surface area contributed by atoms with Gasteiger partial charge in [0.15, 0.2) is 0 Å². The molecule has 0 unspecified atom stereocenters. The van der Waals surface area contributed by atoms with Crippen LogP contribution in [0.4, 0.5) is 5.69 Å². The van der Waals surface area contributed by atoms with Crippen molar-refractivity contribution >= 4 is 5.69 Å². The number of nitrogens with zero attached hydrogens (tertiary/aromatic N) is 1. The summed E-state index contributed by atoms with van der Waals surface area (Å²) in [5.41, 5.74) is 5.29. The van der Waals surface area contributed by atoms with E-state index in [1.165, 1.54) is 54.5 Å². The van der Waals surface area contributed by atoms with E-state index in [0.29, 0.717) is 0 Å². The van der Waals surface area contributed by atoms with Crippen LogP contribution in [0.3, 0.4) is 0 Å². The van der Waals surface area contributed by atoms with Gasteiger partial charge in [0.2, 0.25) is 0 Å². The molecule has 0 radical (unpaired) electrons. The van der Waals surface area contributed by atoms with Crippen LogP contribution in [-0.2, 0) is 0 Å². The highest BCUT2D eigenvalue weighted by atomic mass is 16.3. The Morgan fingerprint density at radius 2 is 0.929 bits per heavy atom. The summed E-state index contributed by atoms with van der Waals surface area (Å²) in [4.78, 5) is 2.35. The molecule has 1 aromatic heterocycles. The van der Waals surface area contributed by atoms with E-state index in [-0.39, 0.29) is 0 Å². The SMILES string of the molecule is CC.CC.CC1CCCCC1.CCN(CC)c1ccc(C)cc1.Cc1ccccc1.Cc1ccccc1.c1ccoc1. The molecule has 0 atom stereocenters. The Kier molecular flexibility index (Phi) is 29.9. The first-order valence-corrected chi connectivity index (χ1v) is 16.3. The van der Waals surface area contributed by atoms with Crippen LogP contribution in [0, 0.1) is 26.7 Å². The molecule has 1 aliphatic rings. The van der Waals surface area contributed by atoms with Crippen LogP contribution in [0.15, 0.2) is 114 Å². The molecule has 1 fully saturated rings. The first-order valence-electron chi connectivity index (χ1n) is 16.3. The lowest BCUT2D eigenvalue weighted by molar-refractivity contribution is 0.385. The average Bonchev–Trinajstić information content (AvgIpc) is 3.64. The highest BCUT2D eigenvalue weighted by Gasteiger charge is 2.06. The quantitative estimate of drug-likeness (QED) is 0.242. The van der Waals surface area contributed by atoms with Gasteiger partial charge in [-0.15, -0.1) is 0 Å². The van der Waals surface area contributed by atoms with Crippen molar-refractivity contribution in [3.05, 3.63) is 126 Å². The van der Waals surface area contributed by atoms with Gasteiger partial charge in [0.1, 0.15) is 0 Å². The molecule has 0 saturated heterocycles. The standard InChI is InChI=1S/C11H17N.C7H14.2C7H8.C4H4O.2C2H6/c1-4-12(5-2)11-8-6-10(3)7-9-11;3*1-7-5-3-2-4-6-7;1-2-4-5-3-1;2*1-2/h6-9H,4-5H2,1-3H3;7H,2-6H2,1H3;2*2-6H,1H3;1-4H;2*1-2H3. The van der Waals surface area contributed by atoms with Gasteiger partial charge in [0, 0.05) is 18.8 Å². The van der Waals surface area contributed by atoms with Crippen LogP contribution in [0.2, 0.25) is 0 Å². The van der Waals surface area contributed by atoms with E-state index in [0.717, 1.165) is 19.0 Å². The van der Waals surface area contributed by atoms with Crippen molar-refractivity contribution in [3.63, 3.8) is 0 Å². The van der Waals surface area contributed by atoms with Gasteiger partial charge >= 0.3 is 0 Å². The van der Waals surface area contributed by atoms with E-state index < -0.39 is 0 Å². The monoisotopic (exact) mass is 573 g/mol. The lowest BCUT2D eigenvalue weighted by Gasteiger charge is -2.20. The van der Waals surface area contributed by atoms with Crippen molar-refractivity contribution in [3.8, 4) is 0 Å². The van der Waals surface area contributed by atoms with Crippen molar-refractivity contribution < 1.29 is 4.42 Å². The number of hydrogen-bond donors (Lipinski definition) is 0. The van der Waals surface area contributed by atoms with Crippen LogP contribution >= 0.6 is 0 Å². The summed E-state index contributed by atoms with van der Waals surface area (Å²) in [6.07, 6.45) is 10.7.